The van der Waals surface area contributed by atoms with Gasteiger partial charge in [-0.05, 0) is 48.4 Å². The molecule has 26 heavy (non-hydrogen) atoms. The molecular weight excluding hydrogens is 332 g/mol. The number of aromatic nitrogens is 1. The van der Waals surface area contributed by atoms with E-state index in [1.807, 2.05) is 12.1 Å². The zero-order chi connectivity index (χ0) is 18.5. The van der Waals surface area contributed by atoms with E-state index in [1.54, 1.807) is 36.7 Å². The number of nitrogens with one attached hydrogen (secondary N) is 3. The lowest BCUT2D eigenvalue weighted by atomic mass is 10.2. The minimum absolute atomic E-state index is 0.108. The number of amides is 3. The lowest BCUT2D eigenvalue weighted by Crippen LogP contribution is -2.27. The number of carbonyl (C=O) groups excluding carboxylic acids is 3. The Kier molecular flexibility index (Phi) is 5.26. The number of carbonyl (C=O) groups is 3. The molecule has 3 amide bonds. The topological polar surface area (TPSA) is 100 Å². The standard InChI is InChI=1S/C19H20N4O3/c1-12(24)22-14-2-4-15(5-3-14)23-19(26)17-10-16(17)18(25)21-11-13-6-8-20-9-7-13/h2-9,16-17H,10-11H2,1H3,(H,21,25)(H,22,24)(H,23,26). The van der Waals surface area contributed by atoms with Gasteiger partial charge in [0, 0.05) is 37.2 Å². The highest BCUT2D eigenvalue weighted by Crippen LogP contribution is 2.39. The van der Waals surface area contributed by atoms with Crippen molar-refractivity contribution in [1.29, 1.82) is 0 Å². The van der Waals surface area contributed by atoms with Crippen LogP contribution in [-0.4, -0.2) is 22.7 Å². The first kappa shape index (κ1) is 17.6. The molecule has 1 aliphatic rings. The number of pyridine rings is 1. The molecule has 7 heteroatoms. The summed E-state index contributed by atoms with van der Waals surface area (Å²) in [6.45, 7) is 1.86. The molecule has 2 aromatic rings. The highest BCUT2D eigenvalue weighted by atomic mass is 16.2. The van der Waals surface area contributed by atoms with Crippen LogP contribution in [-0.2, 0) is 20.9 Å². The highest BCUT2D eigenvalue weighted by Gasteiger charge is 2.47. The monoisotopic (exact) mass is 352 g/mol. The predicted molar refractivity (Wildman–Crippen MR) is 97.1 cm³/mol. The fraction of sp³-hybridized carbons (Fsp3) is 0.263. The van der Waals surface area contributed by atoms with Crippen molar-refractivity contribution in [1.82, 2.24) is 10.3 Å². The Morgan fingerprint density at radius 1 is 0.923 bits per heavy atom. The summed E-state index contributed by atoms with van der Waals surface area (Å²) >= 11 is 0. The van der Waals surface area contributed by atoms with E-state index in [0.717, 1.165) is 5.56 Å². The second-order valence-electron chi connectivity index (χ2n) is 6.27. The van der Waals surface area contributed by atoms with E-state index in [-0.39, 0.29) is 29.6 Å². The van der Waals surface area contributed by atoms with E-state index in [0.29, 0.717) is 24.3 Å². The molecule has 1 saturated carbocycles. The van der Waals surface area contributed by atoms with Gasteiger partial charge in [-0.3, -0.25) is 19.4 Å². The van der Waals surface area contributed by atoms with E-state index in [2.05, 4.69) is 20.9 Å². The number of anilines is 2. The zero-order valence-electron chi connectivity index (χ0n) is 14.4. The molecule has 134 valence electrons. The lowest BCUT2D eigenvalue weighted by Gasteiger charge is -2.07. The summed E-state index contributed by atoms with van der Waals surface area (Å²) in [5.74, 6) is -1.01. The second-order valence-corrected chi connectivity index (χ2v) is 6.27. The van der Waals surface area contributed by atoms with Crippen LogP contribution < -0.4 is 16.0 Å². The van der Waals surface area contributed by atoms with E-state index < -0.39 is 0 Å². The smallest absolute Gasteiger partial charge is 0.228 e. The summed E-state index contributed by atoms with van der Waals surface area (Å²) in [7, 11) is 0. The van der Waals surface area contributed by atoms with Gasteiger partial charge in [-0.25, -0.2) is 0 Å². The van der Waals surface area contributed by atoms with Crippen LogP contribution in [0, 0.1) is 11.8 Å². The van der Waals surface area contributed by atoms with Gasteiger partial charge in [0.2, 0.25) is 17.7 Å². The van der Waals surface area contributed by atoms with Gasteiger partial charge in [-0.1, -0.05) is 0 Å². The van der Waals surface area contributed by atoms with Crippen molar-refractivity contribution >= 4 is 29.1 Å². The van der Waals surface area contributed by atoms with Crippen molar-refractivity contribution in [3.8, 4) is 0 Å². The number of rotatable bonds is 6. The van der Waals surface area contributed by atoms with Crippen LogP contribution in [0.4, 0.5) is 11.4 Å². The predicted octanol–water partition coefficient (Wildman–Crippen LogP) is 1.93. The Balaban J connectivity index is 1.46. The number of nitrogens with zero attached hydrogens (tertiary/aromatic N) is 1. The average Bonchev–Trinajstić information content (AvgIpc) is 3.43. The average molecular weight is 352 g/mol. The van der Waals surface area contributed by atoms with E-state index in [4.69, 9.17) is 0 Å². The van der Waals surface area contributed by atoms with Gasteiger partial charge in [0.1, 0.15) is 0 Å². The molecule has 0 radical (unpaired) electrons. The molecule has 0 saturated heterocycles. The minimum Gasteiger partial charge on any atom is -0.352 e. The van der Waals surface area contributed by atoms with Gasteiger partial charge in [0.15, 0.2) is 0 Å². The largest absolute Gasteiger partial charge is 0.352 e. The molecule has 7 nitrogen and oxygen atoms in total. The first-order chi connectivity index (χ1) is 12.5. The van der Waals surface area contributed by atoms with Crippen molar-refractivity contribution in [2.24, 2.45) is 11.8 Å². The van der Waals surface area contributed by atoms with Gasteiger partial charge in [0.05, 0.1) is 11.8 Å². The minimum atomic E-state index is -0.303. The van der Waals surface area contributed by atoms with Crippen molar-refractivity contribution < 1.29 is 14.4 Å². The number of hydrogen-bond acceptors (Lipinski definition) is 4. The molecule has 3 rings (SSSR count). The molecule has 0 spiro atoms. The van der Waals surface area contributed by atoms with Crippen LogP contribution in [0.3, 0.4) is 0 Å². The lowest BCUT2D eigenvalue weighted by molar-refractivity contribution is -0.125. The molecule has 2 unspecified atom stereocenters. The first-order valence-electron chi connectivity index (χ1n) is 8.38. The van der Waals surface area contributed by atoms with Crippen LogP contribution in [0.5, 0.6) is 0 Å². The van der Waals surface area contributed by atoms with Crippen molar-refractivity contribution in [2.45, 2.75) is 19.9 Å². The SMILES string of the molecule is CC(=O)Nc1ccc(NC(=O)C2CC2C(=O)NCc2ccncc2)cc1. The van der Waals surface area contributed by atoms with Crippen LogP contribution in [0.2, 0.25) is 0 Å². The highest BCUT2D eigenvalue weighted by molar-refractivity contribution is 5.99. The third-order valence-corrected chi connectivity index (χ3v) is 4.15. The Morgan fingerprint density at radius 3 is 2.12 bits per heavy atom. The maximum Gasteiger partial charge on any atom is 0.228 e. The second kappa shape index (κ2) is 7.77. The third-order valence-electron chi connectivity index (χ3n) is 4.15. The Labute approximate surface area is 151 Å². The normalized spacial score (nSPS) is 17.9. The molecule has 1 heterocycles. The van der Waals surface area contributed by atoms with Gasteiger partial charge in [-0.15, -0.1) is 0 Å². The molecular formula is C19H20N4O3. The van der Waals surface area contributed by atoms with Crippen molar-refractivity contribution in [3.05, 3.63) is 54.4 Å². The molecule has 1 aliphatic carbocycles. The van der Waals surface area contributed by atoms with Gasteiger partial charge < -0.3 is 16.0 Å². The van der Waals surface area contributed by atoms with Gasteiger partial charge >= 0.3 is 0 Å². The van der Waals surface area contributed by atoms with Crippen molar-refractivity contribution in [2.75, 3.05) is 10.6 Å². The Hall–Kier alpha value is -3.22. The van der Waals surface area contributed by atoms with Crippen LogP contribution in [0.25, 0.3) is 0 Å². The van der Waals surface area contributed by atoms with Gasteiger partial charge in [0.25, 0.3) is 0 Å². The number of hydrogen-bond donors (Lipinski definition) is 3. The Morgan fingerprint density at radius 2 is 1.50 bits per heavy atom. The van der Waals surface area contributed by atoms with Crippen LogP contribution in [0.1, 0.15) is 18.9 Å². The summed E-state index contributed by atoms with van der Waals surface area (Å²) in [4.78, 5) is 39.3. The molecule has 1 aromatic carbocycles. The zero-order valence-corrected chi connectivity index (χ0v) is 14.4. The third kappa shape index (κ3) is 4.66. The first-order valence-corrected chi connectivity index (χ1v) is 8.38. The molecule has 3 N–H and O–H groups in total. The van der Waals surface area contributed by atoms with E-state index in [1.165, 1.54) is 6.92 Å². The molecule has 0 bridgehead atoms. The molecule has 1 fully saturated rings. The van der Waals surface area contributed by atoms with E-state index in [9.17, 15) is 14.4 Å². The van der Waals surface area contributed by atoms with E-state index >= 15 is 0 Å². The number of benzene rings is 1. The maximum absolute atomic E-state index is 12.3. The molecule has 2 atom stereocenters. The van der Waals surface area contributed by atoms with Crippen LogP contribution >= 0.6 is 0 Å². The quantitative estimate of drug-likeness (QED) is 0.739. The summed E-state index contributed by atoms with van der Waals surface area (Å²) in [5, 5.41) is 8.31. The summed E-state index contributed by atoms with van der Waals surface area (Å²) in [6.07, 6.45) is 3.90. The van der Waals surface area contributed by atoms with Crippen LogP contribution in [0.15, 0.2) is 48.8 Å². The summed E-state index contributed by atoms with van der Waals surface area (Å²) in [5.41, 5.74) is 2.26. The maximum atomic E-state index is 12.3. The summed E-state index contributed by atoms with van der Waals surface area (Å²) in [6, 6.07) is 10.5. The molecule has 1 aromatic heterocycles. The summed E-state index contributed by atoms with van der Waals surface area (Å²) < 4.78 is 0. The van der Waals surface area contributed by atoms with Crippen molar-refractivity contribution in [3.63, 3.8) is 0 Å². The van der Waals surface area contributed by atoms with Gasteiger partial charge in [-0.2, -0.15) is 0 Å². The Bertz CT molecular complexity index is 805. The molecule has 0 aliphatic heterocycles. The fourth-order valence-corrected chi connectivity index (χ4v) is 2.67. The fourth-order valence-electron chi connectivity index (χ4n) is 2.67.